The zero-order chi connectivity index (χ0) is 17.1. The number of likely N-dealkylation sites (tertiary alicyclic amines) is 1. The maximum atomic E-state index is 12.1. The fourth-order valence-electron chi connectivity index (χ4n) is 3.11. The third-order valence-electron chi connectivity index (χ3n) is 4.51. The standard InChI is InChI=1S/C16H24N4O4/c1-11(21)20-8-13(9-20)23-10-16(22)18-14-4-3-5-15(14)24-12-6-17-19(2)7-12/h6-7,13-15H,3-5,8-10H2,1-2H3,(H,18,22)/t14-,15+/m0/s1. The molecular formula is C16H24N4O4. The van der Waals surface area contributed by atoms with Crippen LogP contribution >= 0.6 is 0 Å². The summed E-state index contributed by atoms with van der Waals surface area (Å²) in [5.74, 6) is 0.627. The van der Waals surface area contributed by atoms with Crippen molar-refractivity contribution in [1.82, 2.24) is 20.0 Å². The molecule has 3 rings (SSSR count). The topological polar surface area (TPSA) is 85.7 Å². The Kier molecular flexibility index (Phi) is 5.03. The molecule has 1 saturated heterocycles. The van der Waals surface area contributed by atoms with Crippen LogP contribution in [0.3, 0.4) is 0 Å². The third kappa shape index (κ3) is 4.05. The summed E-state index contributed by atoms with van der Waals surface area (Å²) < 4.78 is 13.1. The van der Waals surface area contributed by atoms with Gasteiger partial charge in [0.05, 0.1) is 24.5 Å². The van der Waals surface area contributed by atoms with Crippen molar-refractivity contribution in [1.29, 1.82) is 0 Å². The Balaban J connectivity index is 1.39. The van der Waals surface area contributed by atoms with Crippen LogP contribution < -0.4 is 10.1 Å². The minimum atomic E-state index is -0.136. The molecule has 132 valence electrons. The smallest absolute Gasteiger partial charge is 0.246 e. The number of aryl methyl sites for hydroxylation is 1. The molecule has 0 spiro atoms. The van der Waals surface area contributed by atoms with Gasteiger partial charge in [0.2, 0.25) is 11.8 Å². The Morgan fingerprint density at radius 3 is 2.83 bits per heavy atom. The molecule has 1 aromatic heterocycles. The number of nitrogens with one attached hydrogen (secondary N) is 1. The van der Waals surface area contributed by atoms with Crippen molar-refractivity contribution in [3.05, 3.63) is 12.4 Å². The molecule has 0 bridgehead atoms. The van der Waals surface area contributed by atoms with E-state index in [4.69, 9.17) is 9.47 Å². The van der Waals surface area contributed by atoms with E-state index in [1.54, 1.807) is 15.8 Å². The molecule has 1 aliphatic heterocycles. The van der Waals surface area contributed by atoms with Crippen LogP contribution in [0.5, 0.6) is 5.75 Å². The second-order valence-electron chi connectivity index (χ2n) is 6.47. The summed E-state index contributed by atoms with van der Waals surface area (Å²) in [4.78, 5) is 24.9. The summed E-state index contributed by atoms with van der Waals surface area (Å²) in [5, 5.41) is 7.08. The predicted molar refractivity (Wildman–Crippen MR) is 85.4 cm³/mol. The lowest BCUT2D eigenvalue weighted by molar-refractivity contribution is -0.146. The van der Waals surface area contributed by atoms with Gasteiger partial charge in [-0.15, -0.1) is 0 Å². The number of rotatable bonds is 6. The number of aromatic nitrogens is 2. The van der Waals surface area contributed by atoms with Crippen LogP contribution in [0, 0.1) is 0 Å². The van der Waals surface area contributed by atoms with E-state index in [2.05, 4.69) is 10.4 Å². The van der Waals surface area contributed by atoms with Gasteiger partial charge < -0.3 is 19.7 Å². The van der Waals surface area contributed by atoms with E-state index in [9.17, 15) is 9.59 Å². The molecular weight excluding hydrogens is 312 g/mol. The number of carbonyl (C=O) groups excluding carboxylic acids is 2. The number of hydrogen-bond donors (Lipinski definition) is 1. The molecule has 2 heterocycles. The van der Waals surface area contributed by atoms with Crippen molar-refractivity contribution < 1.29 is 19.1 Å². The summed E-state index contributed by atoms with van der Waals surface area (Å²) in [6.07, 6.45) is 6.26. The molecule has 1 saturated carbocycles. The van der Waals surface area contributed by atoms with Crippen LogP contribution in [-0.4, -0.2) is 64.4 Å². The summed E-state index contributed by atoms with van der Waals surface area (Å²) in [7, 11) is 1.84. The van der Waals surface area contributed by atoms with Gasteiger partial charge in [-0.2, -0.15) is 5.10 Å². The average Bonchev–Trinajstić information content (AvgIpc) is 3.07. The maximum absolute atomic E-state index is 12.1. The maximum Gasteiger partial charge on any atom is 0.246 e. The minimum Gasteiger partial charge on any atom is -0.485 e. The van der Waals surface area contributed by atoms with Gasteiger partial charge in [-0.1, -0.05) is 0 Å². The van der Waals surface area contributed by atoms with Gasteiger partial charge in [0, 0.05) is 27.1 Å². The average molecular weight is 336 g/mol. The lowest BCUT2D eigenvalue weighted by Gasteiger charge is -2.38. The first-order valence-corrected chi connectivity index (χ1v) is 8.33. The molecule has 1 aliphatic carbocycles. The number of nitrogens with zero attached hydrogens (tertiary/aromatic N) is 3. The van der Waals surface area contributed by atoms with E-state index in [0.717, 1.165) is 25.0 Å². The van der Waals surface area contributed by atoms with Crippen LogP contribution in [0.1, 0.15) is 26.2 Å². The lowest BCUT2D eigenvalue weighted by atomic mass is 10.1. The van der Waals surface area contributed by atoms with Crippen LogP contribution in [0.15, 0.2) is 12.4 Å². The van der Waals surface area contributed by atoms with Gasteiger partial charge in [-0.25, -0.2) is 0 Å². The van der Waals surface area contributed by atoms with Gasteiger partial charge in [-0.3, -0.25) is 14.3 Å². The van der Waals surface area contributed by atoms with Crippen LogP contribution in [0.25, 0.3) is 0 Å². The zero-order valence-corrected chi connectivity index (χ0v) is 14.1. The molecule has 0 aromatic carbocycles. The fraction of sp³-hybridized carbons (Fsp3) is 0.688. The zero-order valence-electron chi connectivity index (χ0n) is 14.1. The van der Waals surface area contributed by atoms with Gasteiger partial charge in [0.25, 0.3) is 0 Å². The van der Waals surface area contributed by atoms with Crippen LogP contribution in [0.2, 0.25) is 0 Å². The molecule has 24 heavy (non-hydrogen) atoms. The first-order valence-electron chi connectivity index (χ1n) is 8.33. The van der Waals surface area contributed by atoms with E-state index < -0.39 is 0 Å². The molecule has 2 aliphatic rings. The van der Waals surface area contributed by atoms with Gasteiger partial charge in [-0.05, 0) is 19.3 Å². The minimum absolute atomic E-state index is 0.00332. The van der Waals surface area contributed by atoms with E-state index in [1.165, 1.54) is 6.92 Å². The predicted octanol–water partition coefficient (Wildman–Crippen LogP) is 0.0835. The first kappa shape index (κ1) is 16.8. The second-order valence-corrected chi connectivity index (χ2v) is 6.47. The highest BCUT2D eigenvalue weighted by atomic mass is 16.5. The number of hydrogen-bond acceptors (Lipinski definition) is 5. The fourth-order valence-corrected chi connectivity index (χ4v) is 3.11. The number of amides is 2. The Labute approximate surface area is 141 Å². The van der Waals surface area contributed by atoms with Gasteiger partial charge >= 0.3 is 0 Å². The van der Waals surface area contributed by atoms with Crippen molar-refractivity contribution in [2.75, 3.05) is 19.7 Å². The molecule has 8 nitrogen and oxygen atoms in total. The van der Waals surface area contributed by atoms with Crippen molar-refractivity contribution in [3.63, 3.8) is 0 Å². The normalized spacial score (nSPS) is 23.8. The Morgan fingerprint density at radius 2 is 2.17 bits per heavy atom. The van der Waals surface area contributed by atoms with Gasteiger partial charge in [0.1, 0.15) is 12.7 Å². The molecule has 8 heteroatoms. The number of ether oxygens (including phenoxy) is 2. The van der Waals surface area contributed by atoms with Crippen LogP contribution in [0.4, 0.5) is 0 Å². The highest BCUT2D eigenvalue weighted by Gasteiger charge is 2.32. The SMILES string of the molecule is CC(=O)N1CC(OCC(=O)N[C@H]2CCC[C@H]2Oc2cnn(C)c2)C1. The Bertz CT molecular complexity index is 597. The van der Waals surface area contributed by atoms with Crippen molar-refractivity contribution in [3.8, 4) is 5.75 Å². The summed E-state index contributed by atoms with van der Waals surface area (Å²) in [6, 6.07) is -0.00332. The molecule has 0 unspecified atom stereocenters. The highest BCUT2D eigenvalue weighted by molar-refractivity contribution is 5.77. The van der Waals surface area contributed by atoms with Crippen molar-refractivity contribution in [2.24, 2.45) is 7.05 Å². The molecule has 2 fully saturated rings. The van der Waals surface area contributed by atoms with Crippen molar-refractivity contribution in [2.45, 2.75) is 44.4 Å². The lowest BCUT2D eigenvalue weighted by Crippen LogP contribution is -2.55. The summed E-state index contributed by atoms with van der Waals surface area (Å²) >= 11 is 0. The largest absolute Gasteiger partial charge is 0.485 e. The van der Waals surface area contributed by atoms with E-state index in [1.807, 2.05) is 13.2 Å². The third-order valence-corrected chi connectivity index (χ3v) is 4.51. The summed E-state index contributed by atoms with van der Waals surface area (Å²) in [6.45, 7) is 2.69. The van der Waals surface area contributed by atoms with Crippen LogP contribution in [-0.2, 0) is 21.4 Å². The molecule has 1 aromatic rings. The summed E-state index contributed by atoms with van der Waals surface area (Å²) in [5.41, 5.74) is 0. The molecule has 1 N–H and O–H groups in total. The Morgan fingerprint density at radius 1 is 1.38 bits per heavy atom. The van der Waals surface area contributed by atoms with E-state index in [0.29, 0.717) is 13.1 Å². The quantitative estimate of drug-likeness (QED) is 0.795. The highest BCUT2D eigenvalue weighted by Crippen LogP contribution is 2.24. The van der Waals surface area contributed by atoms with Gasteiger partial charge in [0.15, 0.2) is 5.75 Å². The van der Waals surface area contributed by atoms with E-state index >= 15 is 0 Å². The Hall–Kier alpha value is -2.09. The number of carbonyl (C=O) groups is 2. The van der Waals surface area contributed by atoms with Crippen molar-refractivity contribution >= 4 is 11.8 Å². The monoisotopic (exact) mass is 336 g/mol. The second kappa shape index (κ2) is 7.21. The van der Waals surface area contributed by atoms with E-state index in [-0.39, 0.29) is 36.7 Å². The first-order chi connectivity index (χ1) is 11.5. The molecule has 2 amide bonds. The molecule has 2 atom stereocenters. The molecule has 0 radical (unpaired) electrons.